The Bertz CT molecular complexity index is 316. The van der Waals surface area contributed by atoms with Gasteiger partial charge >= 0.3 is 11.9 Å². The first-order chi connectivity index (χ1) is 7.32. The zero-order chi connectivity index (χ0) is 12.7. The Balaban J connectivity index is 4.07. The summed E-state index contributed by atoms with van der Waals surface area (Å²) in [5.41, 5.74) is 0.225. The summed E-state index contributed by atoms with van der Waals surface area (Å²) in [5.74, 6) is -1.24. The molecule has 0 aromatic rings. The van der Waals surface area contributed by atoms with Crippen molar-refractivity contribution in [2.75, 3.05) is 6.61 Å². The molecule has 5 nitrogen and oxygen atoms in total. The molecule has 0 aliphatic rings. The Morgan fingerprint density at radius 1 is 1.19 bits per heavy atom. The molecule has 0 heterocycles. The highest BCUT2D eigenvalue weighted by Gasteiger charge is 2.11. The van der Waals surface area contributed by atoms with Crippen LogP contribution >= 0.6 is 0 Å². The van der Waals surface area contributed by atoms with E-state index in [1.54, 1.807) is 6.92 Å². The first kappa shape index (κ1) is 14.3. The topological polar surface area (TPSA) is 69.7 Å². The summed E-state index contributed by atoms with van der Waals surface area (Å²) in [5, 5.41) is 0. The average molecular weight is 228 g/mol. The third-order valence-corrected chi connectivity index (χ3v) is 1.56. The number of esters is 2. The van der Waals surface area contributed by atoms with Crippen LogP contribution in [0.3, 0.4) is 0 Å². The van der Waals surface area contributed by atoms with Gasteiger partial charge < -0.3 is 9.47 Å². The SMILES string of the molecule is CC(=O)C=C(C)C(=O)OCC(C)OC(C)=O. The summed E-state index contributed by atoms with van der Waals surface area (Å²) < 4.78 is 9.59. The molecule has 0 amide bonds. The summed E-state index contributed by atoms with van der Waals surface area (Å²) in [6, 6.07) is 0. The Labute approximate surface area is 94.4 Å². The largest absolute Gasteiger partial charge is 0.459 e. The molecule has 0 spiro atoms. The second kappa shape index (κ2) is 6.76. The number of carbonyl (C=O) groups excluding carboxylic acids is 3. The van der Waals surface area contributed by atoms with Crippen molar-refractivity contribution >= 4 is 17.7 Å². The Morgan fingerprint density at radius 2 is 1.75 bits per heavy atom. The van der Waals surface area contributed by atoms with Crippen molar-refractivity contribution in [2.45, 2.75) is 33.8 Å². The summed E-state index contributed by atoms with van der Waals surface area (Å²) in [4.78, 5) is 32.5. The molecule has 0 aliphatic heterocycles. The minimum atomic E-state index is -0.589. The lowest BCUT2D eigenvalue weighted by Gasteiger charge is -2.12. The number of hydrogen-bond donors (Lipinski definition) is 0. The third kappa shape index (κ3) is 6.75. The summed E-state index contributed by atoms with van der Waals surface area (Å²) in [7, 11) is 0. The van der Waals surface area contributed by atoms with Gasteiger partial charge in [0.2, 0.25) is 0 Å². The van der Waals surface area contributed by atoms with Gasteiger partial charge in [-0.3, -0.25) is 9.59 Å². The van der Waals surface area contributed by atoms with Crippen molar-refractivity contribution in [1.82, 2.24) is 0 Å². The van der Waals surface area contributed by atoms with Gasteiger partial charge in [0.05, 0.1) is 0 Å². The predicted molar refractivity (Wildman–Crippen MR) is 56.6 cm³/mol. The molecule has 0 radical (unpaired) electrons. The van der Waals surface area contributed by atoms with Gasteiger partial charge in [0.15, 0.2) is 5.78 Å². The van der Waals surface area contributed by atoms with Crippen molar-refractivity contribution in [1.29, 1.82) is 0 Å². The molecule has 90 valence electrons. The van der Waals surface area contributed by atoms with E-state index in [1.165, 1.54) is 26.8 Å². The summed E-state index contributed by atoms with van der Waals surface area (Å²) in [6.45, 7) is 5.69. The molecule has 0 N–H and O–H groups in total. The van der Waals surface area contributed by atoms with Crippen LogP contribution in [-0.4, -0.2) is 30.4 Å². The number of ether oxygens (including phenoxy) is 2. The Morgan fingerprint density at radius 3 is 2.19 bits per heavy atom. The maximum atomic E-state index is 11.3. The fourth-order valence-electron chi connectivity index (χ4n) is 0.988. The van der Waals surface area contributed by atoms with Crippen molar-refractivity contribution in [2.24, 2.45) is 0 Å². The lowest BCUT2D eigenvalue weighted by molar-refractivity contribution is -0.154. The Kier molecular flexibility index (Phi) is 6.07. The monoisotopic (exact) mass is 228 g/mol. The van der Waals surface area contributed by atoms with E-state index in [0.29, 0.717) is 0 Å². The molecule has 16 heavy (non-hydrogen) atoms. The lowest BCUT2D eigenvalue weighted by atomic mass is 10.2. The fraction of sp³-hybridized carbons (Fsp3) is 0.545. The van der Waals surface area contributed by atoms with Crippen LogP contribution in [-0.2, 0) is 23.9 Å². The van der Waals surface area contributed by atoms with Crippen LogP contribution in [0.1, 0.15) is 27.7 Å². The first-order valence-corrected chi connectivity index (χ1v) is 4.86. The molecule has 1 atom stereocenters. The van der Waals surface area contributed by atoms with Crippen molar-refractivity contribution in [3.8, 4) is 0 Å². The molecule has 0 saturated carbocycles. The molecule has 0 bridgehead atoms. The smallest absolute Gasteiger partial charge is 0.333 e. The highest BCUT2D eigenvalue weighted by Crippen LogP contribution is 2.00. The van der Waals surface area contributed by atoms with Crippen LogP contribution in [0, 0.1) is 0 Å². The van der Waals surface area contributed by atoms with E-state index in [-0.39, 0.29) is 18.0 Å². The number of allylic oxidation sites excluding steroid dienone is 1. The minimum Gasteiger partial charge on any atom is -0.459 e. The molecule has 0 saturated heterocycles. The maximum Gasteiger partial charge on any atom is 0.333 e. The highest BCUT2D eigenvalue weighted by molar-refractivity contribution is 5.97. The maximum absolute atomic E-state index is 11.3. The normalized spacial score (nSPS) is 12.9. The van der Waals surface area contributed by atoms with Crippen molar-refractivity contribution in [3.63, 3.8) is 0 Å². The highest BCUT2D eigenvalue weighted by atomic mass is 16.6. The fourth-order valence-corrected chi connectivity index (χ4v) is 0.988. The Hall–Kier alpha value is -1.65. The molecular weight excluding hydrogens is 212 g/mol. The van der Waals surface area contributed by atoms with Gasteiger partial charge in [-0.25, -0.2) is 4.79 Å². The first-order valence-electron chi connectivity index (χ1n) is 4.86. The van der Waals surface area contributed by atoms with E-state index >= 15 is 0 Å². The quantitative estimate of drug-likeness (QED) is 0.519. The van der Waals surface area contributed by atoms with Gasteiger partial charge in [0.25, 0.3) is 0 Å². The van der Waals surface area contributed by atoms with Gasteiger partial charge in [-0.05, 0) is 26.8 Å². The van der Waals surface area contributed by atoms with Crippen LogP contribution in [0.5, 0.6) is 0 Å². The number of carbonyl (C=O) groups is 3. The molecule has 0 rings (SSSR count). The molecular formula is C11H16O5. The van der Waals surface area contributed by atoms with Gasteiger partial charge in [0.1, 0.15) is 12.7 Å². The van der Waals surface area contributed by atoms with Crippen LogP contribution < -0.4 is 0 Å². The number of rotatable bonds is 5. The van der Waals surface area contributed by atoms with Gasteiger partial charge in [-0.1, -0.05) is 0 Å². The van der Waals surface area contributed by atoms with Crippen LogP contribution in [0.15, 0.2) is 11.6 Å². The van der Waals surface area contributed by atoms with Gasteiger partial charge in [-0.2, -0.15) is 0 Å². The van der Waals surface area contributed by atoms with Gasteiger partial charge in [0, 0.05) is 12.5 Å². The molecule has 0 fully saturated rings. The summed E-state index contributed by atoms with van der Waals surface area (Å²) >= 11 is 0. The van der Waals surface area contributed by atoms with E-state index < -0.39 is 18.0 Å². The average Bonchev–Trinajstić information content (AvgIpc) is 2.11. The molecule has 1 unspecified atom stereocenters. The predicted octanol–water partition coefficient (Wildman–Crippen LogP) is 1.02. The minimum absolute atomic E-state index is 0.0263. The summed E-state index contributed by atoms with van der Waals surface area (Å²) in [6.07, 6.45) is 0.699. The van der Waals surface area contributed by atoms with E-state index in [0.717, 1.165) is 0 Å². The van der Waals surface area contributed by atoms with E-state index in [1.807, 2.05) is 0 Å². The molecule has 0 aliphatic carbocycles. The zero-order valence-corrected chi connectivity index (χ0v) is 9.90. The molecule has 0 aromatic carbocycles. The van der Waals surface area contributed by atoms with Crippen LogP contribution in [0.2, 0.25) is 0 Å². The zero-order valence-electron chi connectivity index (χ0n) is 9.90. The standard InChI is InChI=1S/C11H16O5/c1-7(5-8(2)12)11(14)15-6-9(3)16-10(4)13/h5,9H,6H2,1-4H3. The third-order valence-electron chi connectivity index (χ3n) is 1.56. The molecule has 5 heteroatoms. The van der Waals surface area contributed by atoms with Crippen LogP contribution in [0.25, 0.3) is 0 Å². The lowest BCUT2D eigenvalue weighted by Crippen LogP contribution is -2.21. The van der Waals surface area contributed by atoms with E-state index in [9.17, 15) is 14.4 Å². The number of ketones is 1. The number of hydrogen-bond acceptors (Lipinski definition) is 5. The van der Waals surface area contributed by atoms with Crippen LogP contribution in [0.4, 0.5) is 0 Å². The second-order valence-corrected chi connectivity index (χ2v) is 3.46. The van der Waals surface area contributed by atoms with E-state index in [4.69, 9.17) is 9.47 Å². The van der Waals surface area contributed by atoms with Crippen molar-refractivity contribution < 1.29 is 23.9 Å². The second-order valence-electron chi connectivity index (χ2n) is 3.46. The van der Waals surface area contributed by atoms with E-state index in [2.05, 4.69) is 0 Å². The van der Waals surface area contributed by atoms with Gasteiger partial charge in [-0.15, -0.1) is 0 Å². The van der Waals surface area contributed by atoms with Crippen molar-refractivity contribution in [3.05, 3.63) is 11.6 Å². The molecule has 0 aromatic heterocycles.